The number of rotatable bonds is 8. The fraction of sp³-hybridized carbons (Fsp3) is 0.286. The van der Waals surface area contributed by atoms with Crippen molar-refractivity contribution < 1.29 is 14.7 Å². The summed E-state index contributed by atoms with van der Waals surface area (Å²) in [7, 11) is 0. The van der Waals surface area contributed by atoms with E-state index in [2.05, 4.69) is 26.3 Å². The van der Waals surface area contributed by atoms with Crippen molar-refractivity contribution >= 4 is 28.5 Å². The molecular formula is C28H29N5O3. The van der Waals surface area contributed by atoms with E-state index in [4.69, 9.17) is 0 Å². The van der Waals surface area contributed by atoms with Crippen molar-refractivity contribution in [3.63, 3.8) is 0 Å². The number of nitrogens with zero attached hydrogens (tertiary/aromatic N) is 4. The molecule has 0 bridgehead atoms. The van der Waals surface area contributed by atoms with Crippen LogP contribution in [0.3, 0.4) is 0 Å². The van der Waals surface area contributed by atoms with E-state index in [0.717, 1.165) is 35.2 Å². The van der Waals surface area contributed by atoms with Gasteiger partial charge in [0, 0.05) is 43.6 Å². The first-order valence-electron chi connectivity index (χ1n) is 12.2. The van der Waals surface area contributed by atoms with E-state index in [0.29, 0.717) is 25.1 Å². The molecule has 1 aliphatic heterocycles. The summed E-state index contributed by atoms with van der Waals surface area (Å²) in [5, 5.41) is 13.6. The highest BCUT2D eigenvalue weighted by Gasteiger charge is 2.29. The first-order valence-corrected chi connectivity index (χ1v) is 12.2. The lowest BCUT2D eigenvalue weighted by Gasteiger charge is -2.33. The zero-order chi connectivity index (χ0) is 24.9. The first kappa shape index (κ1) is 23.5. The summed E-state index contributed by atoms with van der Waals surface area (Å²) in [6.07, 6.45) is 6.88. The number of aromatic nitrogens is 3. The van der Waals surface area contributed by atoms with E-state index in [-0.39, 0.29) is 18.2 Å². The number of aliphatic carboxylic acids is 1. The fourth-order valence-electron chi connectivity index (χ4n) is 4.72. The topological polar surface area (TPSA) is 100 Å². The number of imidazole rings is 1. The van der Waals surface area contributed by atoms with Crippen LogP contribution in [0.4, 0.5) is 5.69 Å². The summed E-state index contributed by atoms with van der Waals surface area (Å²) in [6.45, 7) is 2.10. The third-order valence-corrected chi connectivity index (χ3v) is 6.73. The number of piperidine rings is 1. The lowest BCUT2D eigenvalue weighted by Crippen LogP contribution is -2.47. The molecule has 3 heterocycles. The van der Waals surface area contributed by atoms with Gasteiger partial charge in [-0.1, -0.05) is 48.5 Å². The van der Waals surface area contributed by atoms with Gasteiger partial charge in [-0.15, -0.1) is 0 Å². The second kappa shape index (κ2) is 10.6. The van der Waals surface area contributed by atoms with Crippen LogP contribution in [0.25, 0.3) is 10.9 Å². The van der Waals surface area contributed by atoms with Crippen LogP contribution < -0.4 is 10.2 Å². The highest BCUT2D eigenvalue weighted by molar-refractivity contribution is 5.85. The predicted octanol–water partition coefficient (Wildman–Crippen LogP) is 3.51. The second-order valence-electron chi connectivity index (χ2n) is 9.27. The van der Waals surface area contributed by atoms with Crippen molar-refractivity contribution in [2.24, 2.45) is 5.92 Å². The number of carbonyl (C=O) groups is 2. The first-order chi connectivity index (χ1) is 17.5. The maximum absolute atomic E-state index is 12.9. The number of carboxylic acids is 1. The Hall–Kier alpha value is -4.20. The number of carboxylic acid groups (broad SMARTS) is 1. The minimum absolute atomic E-state index is 0.143. The smallest absolute Gasteiger partial charge is 0.326 e. The molecule has 0 spiro atoms. The molecule has 36 heavy (non-hydrogen) atoms. The highest BCUT2D eigenvalue weighted by Crippen LogP contribution is 2.25. The van der Waals surface area contributed by atoms with Crippen LogP contribution in [0, 0.1) is 5.92 Å². The van der Waals surface area contributed by atoms with Gasteiger partial charge in [-0.05, 0) is 30.5 Å². The standard InChI is InChI=1S/C28H29N5O3/c34-27(21-10-12-33(13-11-21)24-14-22-8-4-5-9-25(22)29-16-24)31-26(28(35)36)15-23-18-32(19-30-23)17-20-6-2-1-3-7-20/h1-9,14,16,18-19,21,26H,10-13,15,17H2,(H,31,34)(H,35,36). The number of para-hydroxylation sites is 1. The maximum atomic E-state index is 12.9. The van der Waals surface area contributed by atoms with Gasteiger partial charge in [-0.2, -0.15) is 0 Å². The van der Waals surface area contributed by atoms with Gasteiger partial charge in [0.25, 0.3) is 0 Å². The van der Waals surface area contributed by atoms with Crippen LogP contribution in [0.2, 0.25) is 0 Å². The van der Waals surface area contributed by atoms with Crippen molar-refractivity contribution in [2.45, 2.75) is 31.8 Å². The van der Waals surface area contributed by atoms with Gasteiger partial charge in [0.1, 0.15) is 6.04 Å². The Morgan fingerprint density at radius 2 is 1.78 bits per heavy atom. The average molecular weight is 484 g/mol. The van der Waals surface area contributed by atoms with E-state index in [1.807, 2.05) is 71.6 Å². The number of pyridine rings is 1. The second-order valence-corrected chi connectivity index (χ2v) is 9.27. The van der Waals surface area contributed by atoms with Gasteiger partial charge in [0.2, 0.25) is 5.91 Å². The third kappa shape index (κ3) is 5.54. The van der Waals surface area contributed by atoms with E-state index >= 15 is 0 Å². The molecule has 184 valence electrons. The molecule has 8 nitrogen and oxygen atoms in total. The summed E-state index contributed by atoms with van der Waals surface area (Å²) in [6, 6.07) is 19.1. The normalized spacial score (nSPS) is 15.1. The lowest BCUT2D eigenvalue weighted by molar-refractivity contribution is -0.142. The number of hydrogen-bond donors (Lipinski definition) is 2. The SMILES string of the molecule is O=C(NC(Cc1cn(Cc2ccccc2)cn1)C(=O)O)C1CCN(c2cnc3ccccc3c2)CC1. The van der Waals surface area contributed by atoms with Crippen molar-refractivity contribution in [1.82, 2.24) is 19.9 Å². The van der Waals surface area contributed by atoms with Crippen molar-refractivity contribution in [3.05, 3.63) is 90.6 Å². The third-order valence-electron chi connectivity index (χ3n) is 6.73. The molecule has 8 heteroatoms. The number of anilines is 1. The van der Waals surface area contributed by atoms with Crippen LogP contribution in [-0.2, 0) is 22.6 Å². The number of carbonyl (C=O) groups excluding carboxylic acids is 1. The van der Waals surface area contributed by atoms with Crippen LogP contribution in [-0.4, -0.2) is 50.6 Å². The molecule has 0 saturated carbocycles. The Morgan fingerprint density at radius 3 is 2.56 bits per heavy atom. The van der Waals surface area contributed by atoms with Gasteiger partial charge < -0.3 is 19.9 Å². The van der Waals surface area contributed by atoms with E-state index in [9.17, 15) is 14.7 Å². The molecule has 4 aromatic rings. The molecule has 2 N–H and O–H groups in total. The van der Waals surface area contributed by atoms with E-state index in [1.54, 1.807) is 6.33 Å². The van der Waals surface area contributed by atoms with Gasteiger partial charge in [0.15, 0.2) is 0 Å². The number of hydrogen-bond acceptors (Lipinski definition) is 5. The average Bonchev–Trinajstić information content (AvgIpc) is 3.35. The van der Waals surface area contributed by atoms with Crippen molar-refractivity contribution in [1.29, 1.82) is 0 Å². The Bertz CT molecular complexity index is 1350. The van der Waals surface area contributed by atoms with Crippen LogP contribution in [0.15, 0.2) is 79.4 Å². The van der Waals surface area contributed by atoms with E-state index < -0.39 is 12.0 Å². The van der Waals surface area contributed by atoms with Gasteiger partial charge in [-0.25, -0.2) is 9.78 Å². The molecule has 1 aliphatic rings. The van der Waals surface area contributed by atoms with Crippen LogP contribution in [0.5, 0.6) is 0 Å². The van der Waals surface area contributed by atoms with Gasteiger partial charge in [0.05, 0.1) is 29.4 Å². The Kier molecular flexibility index (Phi) is 6.93. The van der Waals surface area contributed by atoms with Gasteiger partial charge >= 0.3 is 5.97 Å². The minimum Gasteiger partial charge on any atom is -0.480 e. The fourth-order valence-corrected chi connectivity index (χ4v) is 4.72. The molecule has 1 fully saturated rings. The molecule has 5 rings (SSSR count). The highest BCUT2D eigenvalue weighted by atomic mass is 16.4. The monoisotopic (exact) mass is 483 g/mol. The van der Waals surface area contributed by atoms with Crippen molar-refractivity contribution in [2.75, 3.05) is 18.0 Å². The zero-order valence-corrected chi connectivity index (χ0v) is 20.0. The Balaban J connectivity index is 1.16. The largest absolute Gasteiger partial charge is 0.480 e. The molecule has 1 saturated heterocycles. The number of fused-ring (bicyclic) bond motifs is 1. The van der Waals surface area contributed by atoms with Crippen molar-refractivity contribution in [3.8, 4) is 0 Å². The van der Waals surface area contributed by atoms with Gasteiger partial charge in [-0.3, -0.25) is 9.78 Å². The number of nitrogens with one attached hydrogen (secondary N) is 1. The quantitative estimate of drug-likeness (QED) is 0.398. The summed E-state index contributed by atoms with van der Waals surface area (Å²) < 4.78 is 1.92. The summed E-state index contributed by atoms with van der Waals surface area (Å²) >= 11 is 0. The molecule has 0 aliphatic carbocycles. The Labute approximate surface area is 209 Å². The molecule has 1 unspecified atom stereocenters. The van der Waals surface area contributed by atoms with E-state index in [1.165, 1.54) is 0 Å². The molecule has 1 atom stereocenters. The molecule has 1 amide bonds. The van der Waals surface area contributed by atoms with Crippen LogP contribution in [0.1, 0.15) is 24.1 Å². The number of amides is 1. The summed E-state index contributed by atoms with van der Waals surface area (Å²) in [5.74, 6) is -1.48. The summed E-state index contributed by atoms with van der Waals surface area (Å²) in [5.41, 5.74) is 3.77. The molecular weight excluding hydrogens is 454 g/mol. The Morgan fingerprint density at radius 1 is 1.03 bits per heavy atom. The maximum Gasteiger partial charge on any atom is 0.326 e. The number of benzene rings is 2. The molecule has 2 aromatic carbocycles. The zero-order valence-electron chi connectivity index (χ0n) is 20.0. The summed E-state index contributed by atoms with van der Waals surface area (Å²) in [4.78, 5) is 36.0. The molecule has 0 radical (unpaired) electrons. The lowest BCUT2D eigenvalue weighted by atomic mass is 9.95. The predicted molar refractivity (Wildman–Crippen MR) is 138 cm³/mol. The molecule has 2 aromatic heterocycles. The minimum atomic E-state index is -1.05. The van der Waals surface area contributed by atoms with Crippen LogP contribution >= 0.6 is 0 Å².